The van der Waals surface area contributed by atoms with Crippen molar-refractivity contribution in [2.24, 2.45) is 0 Å². The van der Waals surface area contributed by atoms with E-state index in [-0.39, 0.29) is 12.2 Å². The van der Waals surface area contributed by atoms with E-state index in [2.05, 4.69) is 9.47 Å². The van der Waals surface area contributed by atoms with Crippen molar-refractivity contribution in [1.82, 2.24) is 0 Å². The summed E-state index contributed by atoms with van der Waals surface area (Å²) in [6.45, 7) is 0.287. The lowest BCUT2D eigenvalue weighted by Gasteiger charge is -2.07. The molecule has 0 heterocycles. The number of carbonyl (C=O) groups is 2. The Bertz CT molecular complexity index is 372. The van der Waals surface area contributed by atoms with Gasteiger partial charge in [0.15, 0.2) is 11.5 Å². The van der Waals surface area contributed by atoms with Gasteiger partial charge in [-0.1, -0.05) is 0 Å². The summed E-state index contributed by atoms with van der Waals surface area (Å²) in [5.74, 6) is 0.0658. The lowest BCUT2D eigenvalue weighted by Crippen LogP contribution is -2.02. The number of esters is 1. The fourth-order valence-electron chi connectivity index (χ4n) is 1.06. The van der Waals surface area contributed by atoms with Gasteiger partial charge in [0.05, 0.1) is 19.8 Å². The molecule has 0 atom stereocenters. The van der Waals surface area contributed by atoms with Gasteiger partial charge in [-0.25, -0.2) is 4.79 Å². The smallest absolute Gasteiger partial charge is 0.337 e. The molecule has 1 rings (SSSR count). The minimum atomic E-state index is -0.481. The fourth-order valence-corrected chi connectivity index (χ4v) is 1.06. The number of rotatable bonds is 4. The summed E-state index contributed by atoms with van der Waals surface area (Å²) >= 11 is 0. The number of ether oxygens (including phenoxy) is 3. The van der Waals surface area contributed by atoms with Crippen LogP contribution in [0, 0.1) is 0 Å². The Morgan fingerprint density at radius 2 is 2.00 bits per heavy atom. The quantitative estimate of drug-likeness (QED) is 0.548. The van der Waals surface area contributed by atoms with Crippen molar-refractivity contribution in [1.29, 1.82) is 0 Å². The zero-order valence-electron chi connectivity index (χ0n) is 8.35. The van der Waals surface area contributed by atoms with E-state index in [4.69, 9.17) is 4.74 Å². The van der Waals surface area contributed by atoms with Crippen LogP contribution in [0.5, 0.6) is 11.5 Å². The number of carbonyl (C=O) groups excluding carboxylic acids is 2. The van der Waals surface area contributed by atoms with Gasteiger partial charge in [-0.15, -0.1) is 0 Å². The fraction of sp³-hybridized carbons (Fsp3) is 0.200. The highest BCUT2D eigenvalue weighted by Crippen LogP contribution is 2.27. The highest BCUT2D eigenvalue weighted by molar-refractivity contribution is 5.90. The summed E-state index contributed by atoms with van der Waals surface area (Å²) in [6.07, 6.45) is 0. The van der Waals surface area contributed by atoms with Crippen molar-refractivity contribution in [3.05, 3.63) is 23.8 Å². The van der Waals surface area contributed by atoms with Gasteiger partial charge in [0, 0.05) is 0 Å². The molecule has 0 aromatic heterocycles. The van der Waals surface area contributed by atoms with E-state index >= 15 is 0 Å². The van der Waals surface area contributed by atoms with E-state index in [0.717, 1.165) is 0 Å². The Morgan fingerprint density at radius 3 is 2.53 bits per heavy atom. The van der Waals surface area contributed by atoms with Crippen molar-refractivity contribution in [3.8, 4) is 11.5 Å². The first-order valence-corrected chi connectivity index (χ1v) is 4.09. The summed E-state index contributed by atoms with van der Waals surface area (Å²) in [4.78, 5) is 21.3. The number of hydrogen-bond acceptors (Lipinski definition) is 5. The van der Waals surface area contributed by atoms with Crippen LogP contribution < -0.4 is 9.47 Å². The van der Waals surface area contributed by atoms with Crippen molar-refractivity contribution in [2.75, 3.05) is 14.2 Å². The zero-order chi connectivity index (χ0) is 11.3. The molecule has 0 unspecified atom stereocenters. The predicted molar refractivity (Wildman–Crippen MR) is 51.0 cm³/mol. The standard InChI is InChI=1S/C10H10O5/c1-13-9-5-7(10(12)14-2)3-4-8(9)15-6-11/h3-6H,1-2H3. The van der Waals surface area contributed by atoms with Crippen molar-refractivity contribution in [3.63, 3.8) is 0 Å². The molecule has 0 aliphatic carbocycles. The maximum atomic E-state index is 11.2. The molecule has 0 radical (unpaired) electrons. The van der Waals surface area contributed by atoms with E-state index in [9.17, 15) is 9.59 Å². The maximum Gasteiger partial charge on any atom is 0.337 e. The highest BCUT2D eigenvalue weighted by Gasteiger charge is 2.10. The SMILES string of the molecule is COC(=O)c1ccc(OC=O)c(OC)c1. The summed E-state index contributed by atoms with van der Waals surface area (Å²) in [5.41, 5.74) is 0.326. The average Bonchev–Trinajstić information content (AvgIpc) is 2.29. The van der Waals surface area contributed by atoms with E-state index in [0.29, 0.717) is 11.3 Å². The van der Waals surface area contributed by atoms with Crippen molar-refractivity contribution < 1.29 is 23.8 Å². The monoisotopic (exact) mass is 210 g/mol. The molecule has 1 aromatic rings. The molecule has 80 valence electrons. The Balaban J connectivity index is 3.06. The van der Waals surface area contributed by atoms with Crippen LogP contribution in [0.2, 0.25) is 0 Å². The van der Waals surface area contributed by atoms with Gasteiger partial charge >= 0.3 is 5.97 Å². The van der Waals surface area contributed by atoms with Crippen LogP contribution >= 0.6 is 0 Å². The van der Waals surface area contributed by atoms with Crippen LogP contribution in [-0.4, -0.2) is 26.7 Å². The van der Waals surface area contributed by atoms with Crippen LogP contribution in [0.25, 0.3) is 0 Å². The normalized spacial score (nSPS) is 9.20. The van der Waals surface area contributed by atoms with E-state index in [1.54, 1.807) is 0 Å². The van der Waals surface area contributed by atoms with Gasteiger partial charge in [0.25, 0.3) is 6.47 Å². The Kier molecular flexibility index (Phi) is 3.68. The Labute approximate surface area is 86.6 Å². The van der Waals surface area contributed by atoms with Gasteiger partial charge in [-0.05, 0) is 18.2 Å². The molecular weight excluding hydrogens is 200 g/mol. The summed E-state index contributed by atoms with van der Waals surface area (Å²) in [7, 11) is 2.69. The maximum absolute atomic E-state index is 11.2. The van der Waals surface area contributed by atoms with Gasteiger partial charge < -0.3 is 14.2 Å². The molecule has 0 bridgehead atoms. The molecule has 5 nitrogen and oxygen atoms in total. The average molecular weight is 210 g/mol. The molecule has 5 heteroatoms. The minimum absolute atomic E-state index is 0.250. The van der Waals surface area contributed by atoms with E-state index in [1.165, 1.54) is 32.4 Å². The van der Waals surface area contributed by atoms with Crippen molar-refractivity contribution >= 4 is 12.4 Å². The van der Waals surface area contributed by atoms with Crippen LogP contribution in [0.15, 0.2) is 18.2 Å². The van der Waals surface area contributed by atoms with Gasteiger partial charge in [0.2, 0.25) is 0 Å². The highest BCUT2D eigenvalue weighted by atomic mass is 16.5. The molecular formula is C10H10O5. The third kappa shape index (κ3) is 2.46. The second kappa shape index (κ2) is 4.99. The predicted octanol–water partition coefficient (Wildman–Crippen LogP) is 1.02. The van der Waals surface area contributed by atoms with Crippen LogP contribution in [0.1, 0.15) is 10.4 Å². The number of hydrogen-bond donors (Lipinski definition) is 0. The van der Waals surface area contributed by atoms with Gasteiger partial charge in [-0.3, -0.25) is 4.79 Å². The molecule has 0 aliphatic heterocycles. The molecule has 0 saturated heterocycles. The molecule has 1 aromatic carbocycles. The van der Waals surface area contributed by atoms with Crippen molar-refractivity contribution in [2.45, 2.75) is 0 Å². The Morgan fingerprint density at radius 1 is 1.27 bits per heavy atom. The molecule has 0 fully saturated rings. The van der Waals surface area contributed by atoms with E-state index in [1.807, 2.05) is 0 Å². The Hall–Kier alpha value is -2.04. The summed E-state index contributed by atoms with van der Waals surface area (Å²) in [5, 5.41) is 0. The largest absolute Gasteiger partial charge is 0.493 e. The molecule has 0 N–H and O–H groups in total. The molecule has 0 spiro atoms. The molecule has 15 heavy (non-hydrogen) atoms. The summed E-state index contributed by atoms with van der Waals surface area (Å²) < 4.78 is 14.1. The van der Waals surface area contributed by atoms with Crippen LogP contribution in [0.4, 0.5) is 0 Å². The lowest BCUT2D eigenvalue weighted by atomic mass is 10.2. The first-order valence-electron chi connectivity index (χ1n) is 4.09. The molecule has 0 saturated carbocycles. The first-order chi connectivity index (χ1) is 7.22. The minimum Gasteiger partial charge on any atom is -0.493 e. The van der Waals surface area contributed by atoms with Gasteiger partial charge in [-0.2, -0.15) is 0 Å². The van der Waals surface area contributed by atoms with Gasteiger partial charge in [0.1, 0.15) is 0 Å². The summed E-state index contributed by atoms with van der Waals surface area (Å²) in [6, 6.07) is 4.37. The topological polar surface area (TPSA) is 61.8 Å². The molecule has 0 amide bonds. The third-order valence-corrected chi connectivity index (χ3v) is 1.76. The van der Waals surface area contributed by atoms with Crippen LogP contribution in [0.3, 0.4) is 0 Å². The lowest BCUT2D eigenvalue weighted by molar-refractivity contribution is -0.120. The first kappa shape index (κ1) is 11.0. The van der Waals surface area contributed by atoms with Crippen LogP contribution in [-0.2, 0) is 9.53 Å². The molecule has 0 aliphatic rings. The van der Waals surface area contributed by atoms with E-state index < -0.39 is 5.97 Å². The second-order valence-electron chi connectivity index (χ2n) is 2.57. The third-order valence-electron chi connectivity index (χ3n) is 1.76. The zero-order valence-corrected chi connectivity index (χ0v) is 8.35. The number of methoxy groups -OCH3 is 2. The number of benzene rings is 1. The second-order valence-corrected chi connectivity index (χ2v) is 2.57.